The second kappa shape index (κ2) is 6.56. The van der Waals surface area contributed by atoms with Crippen LogP contribution in [0.5, 0.6) is 0 Å². The lowest BCUT2D eigenvalue weighted by Crippen LogP contribution is -2.28. The van der Waals surface area contributed by atoms with Gasteiger partial charge in [0.1, 0.15) is 5.82 Å². The molecule has 96 valence electrons. The minimum Gasteiger partial charge on any atom is -0.323 e. The molecule has 1 rings (SSSR count). The summed E-state index contributed by atoms with van der Waals surface area (Å²) < 4.78 is 36.7. The van der Waals surface area contributed by atoms with Gasteiger partial charge in [0.2, 0.25) is 0 Å². The van der Waals surface area contributed by atoms with Gasteiger partial charge < -0.3 is 10.6 Å². The summed E-state index contributed by atoms with van der Waals surface area (Å²) in [5.74, 6) is -0.421. The summed E-state index contributed by atoms with van der Waals surface area (Å²) >= 11 is 0. The van der Waals surface area contributed by atoms with E-state index < -0.39 is 12.2 Å². The molecule has 0 bridgehead atoms. The van der Waals surface area contributed by atoms with Crippen LogP contribution in [0.2, 0.25) is 0 Å². The van der Waals surface area contributed by atoms with Crippen LogP contribution in [0.1, 0.15) is 18.2 Å². The molecule has 1 aromatic rings. The Balaban J connectivity index is 2.39. The molecule has 1 aromatic heterocycles. The van der Waals surface area contributed by atoms with Crippen molar-refractivity contribution in [3.8, 4) is 0 Å². The van der Waals surface area contributed by atoms with Crippen LogP contribution in [0.4, 0.5) is 13.2 Å². The molecule has 17 heavy (non-hydrogen) atoms. The zero-order valence-corrected chi connectivity index (χ0v) is 9.61. The van der Waals surface area contributed by atoms with Gasteiger partial charge in [-0.05, 0) is 32.1 Å². The number of nitrogens with zero attached hydrogens (tertiary/aromatic N) is 2. The number of halogens is 3. The highest BCUT2D eigenvalue weighted by molar-refractivity contribution is 5.09. The third-order valence-electron chi connectivity index (χ3n) is 2.40. The molecule has 1 atom stereocenters. The molecule has 1 heterocycles. The minimum atomic E-state index is -2.35. The predicted octanol–water partition coefficient (Wildman–Crippen LogP) is 1.81. The Bertz CT molecular complexity index is 329. The third-order valence-corrected chi connectivity index (χ3v) is 2.40. The highest BCUT2D eigenvalue weighted by Gasteiger charge is 2.11. The summed E-state index contributed by atoms with van der Waals surface area (Å²) in [7, 11) is 1.61. The van der Waals surface area contributed by atoms with Gasteiger partial charge in [-0.15, -0.1) is 0 Å². The molecule has 0 spiro atoms. The number of aromatic nitrogens is 1. The summed E-state index contributed by atoms with van der Waals surface area (Å²) in [4.78, 5) is 5.36. The van der Waals surface area contributed by atoms with Crippen LogP contribution in [-0.2, 0) is 0 Å². The van der Waals surface area contributed by atoms with Crippen LogP contribution in [0.15, 0.2) is 18.3 Å². The summed E-state index contributed by atoms with van der Waals surface area (Å²) in [6.07, 6.45) is -0.750. The molecule has 0 radical (unpaired) electrons. The number of hydrogen-bond donors (Lipinski definition) is 1. The van der Waals surface area contributed by atoms with E-state index in [0.717, 1.165) is 6.20 Å². The molecule has 0 fully saturated rings. The van der Waals surface area contributed by atoms with E-state index in [1.54, 1.807) is 7.05 Å². The summed E-state index contributed by atoms with van der Waals surface area (Å²) in [6.45, 7) is 0.175. The van der Waals surface area contributed by atoms with Gasteiger partial charge in [0.15, 0.2) is 0 Å². The van der Waals surface area contributed by atoms with Crippen molar-refractivity contribution < 1.29 is 13.2 Å². The molecule has 0 saturated carbocycles. The standard InChI is InChI=1S/C11H16F3N3/c1-17(7-11(13)14)5-4-9(15)10-3-2-8(12)6-16-10/h2-3,6,9,11H,4-5,7,15H2,1H3. The zero-order valence-electron chi connectivity index (χ0n) is 9.61. The second-order valence-electron chi connectivity index (χ2n) is 3.95. The Morgan fingerprint density at radius 1 is 1.41 bits per heavy atom. The summed E-state index contributed by atoms with van der Waals surface area (Å²) in [6, 6.07) is 2.42. The van der Waals surface area contributed by atoms with E-state index in [1.165, 1.54) is 17.0 Å². The van der Waals surface area contributed by atoms with Gasteiger partial charge in [0, 0.05) is 6.04 Å². The van der Waals surface area contributed by atoms with Crippen molar-refractivity contribution in [3.63, 3.8) is 0 Å². The Morgan fingerprint density at radius 3 is 2.65 bits per heavy atom. The van der Waals surface area contributed by atoms with E-state index in [0.29, 0.717) is 18.7 Å². The lowest BCUT2D eigenvalue weighted by atomic mass is 10.1. The highest BCUT2D eigenvalue weighted by Crippen LogP contribution is 2.12. The monoisotopic (exact) mass is 247 g/mol. The van der Waals surface area contributed by atoms with E-state index in [4.69, 9.17) is 5.73 Å². The van der Waals surface area contributed by atoms with Gasteiger partial charge in [-0.2, -0.15) is 0 Å². The first-order valence-corrected chi connectivity index (χ1v) is 5.32. The van der Waals surface area contributed by atoms with Crippen LogP contribution in [0, 0.1) is 5.82 Å². The SMILES string of the molecule is CN(CCC(N)c1ccc(F)cn1)CC(F)F. The van der Waals surface area contributed by atoms with Crippen LogP contribution >= 0.6 is 0 Å². The Labute approximate surface area is 98.4 Å². The number of pyridine rings is 1. The molecular weight excluding hydrogens is 231 g/mol. The number of alkyl halides is 2. The van der Waals surface area contributed by atoms with Crippen molar-refractivity contribution in [2.45, 2.75) is 18.9 Å². The van der Waals surface area contributed by atoms with Gasteiger partial charge in [-0.1, -0.05) is 0 Å². The maximum Gasteiger partial charge on any atom is 0.251 e. The van der Waals surface area contributed by atoms with Crippen LogP contribution in [0.25, 0.3) is 0 Å². The highest BCUT2D eigenvalue weighted by atomic mass is 19.3. The van der Waals surface area contributed by atoms with E-state index in [2.05, 4.69) is 4.98 Å². The topological polar surface area (TPSA) is 42.1 Å². The van der Waals surface area contributed by atoms with E-state index >= 15 is 0 Å². The first kappa shape index (κ1) is 13.9. The molecule has 2 N–H and O–H groups in total. The van der Waals surface area contributed by atoms with Crippen molar-refractivity contribution in [2.24, 2.45) is 5.73 Å². The lowest BCUT2D eigenvalue weighted by molar-refractivity contribution is 0.0990. The smallest absolute Gasteiger partial charge is 0.251 e. The first-order valence-electron chi connectivity index (χ1n) is 5.32. The fourth-order valence-corrected chi connectivity index (χ4v) is 1.44. The Hall–Kier alpha value is -1.14. The number of hydrogen-bond acceptors (Lipinski definition) is 3. The predicted molar refractivity (Wildman–Crippen MR) is 59.2 cm³/mol. The van der Waals surface area contributed by atoms with Crippen molar-refractivity contribution >= 4 is 0 Å². The van der Waals surface area contributed by atoms with E-state index in [9.17, 15) is 13.2 Å². The quantitative estimate of drug-likeness (QED) is 0.833. The van der Waals surface area contributed by atoms with Crippen LogP contribution in [-0.4, -0.2) is 36.4 Å². The van der Waals surface area contributed by atoms with Crippen molar-refractivity contribution in [2.75, 3.05) is 20.1 Å². The van der Waals surface area contributed by atoms with Crippen LogP contribution < -0.4 is 5.73 Å². The Kier molecular flexibility index (Phi) is 5.37. The fourth-order valence-electron chi connectivity index (χ4n) is 1.44. The van der Waals surface area contributed by atoms with Gasteiger partial charge in [-0.3, -0.25) is 4.98 Å². The largest absolute Gasteiger partial charge is 0.323 e. The van der Waals surface area contributed by atoms with Crippen LogP contribution in [0.3, 0.4) is 0 Å². The molecule has 0 aliphatic carbocycles. The Morgan fingerprint density at radius 2 is 2.12 bits per heavy atom. The summed E-state index contributed by atoms with van der Waals surface area (Å²) in [5, 5.41) is 0. The maximum absolute atomic E-state index is 12.6. The van der Waals surface area contributed by atoms with Gasteiger partial charge in [0.25, 0.3) is 6.43 Å². The molecule has 3 nitrogen and oxygen atoms in total. The first-order chi connectivity index (χ1) is 7.99. The number of rotatable bonds is 6. The average Bonchev–Trinajstić information content (AvgIpc) is 2.26. The molecule has 0 amide bonds. The third kappa shape index (κ3) is 5.14. The van der Waals surface area contributed by atoms with E-state index in [-0.39, 0.29) is 12.6 Å². The van der Waals surface area contributed by atoms with Gasteiger partial charge in [-0.25, -0.2) is 13.2 Å². The van der Waals surface area contributed by atoms with Gasteiger partial charge in [0.05, 0.1) is 18.4 Å². The fraction of sp³-hybridized carbons (Fsp3) is 0.545. The van der Waals surface area contributed by atoms with Crippen molar-refractivity contribution in [3.05, 3.63) is 29.8 Å². The molecular formula is C11H16F3N3. The molecule has 1 unspecified atom stereocenters. The lowest BCUT2D eigenvalue weighted by Gasteiger charge is -2.18. The molecule has 6 heteroatoms. The minimum absolute atomic E-state index is 0.274. The molecule has 0 saturated heterocycles. The maximum atomic E-state index is 12.6. The van der Waals surface area contributed by atoms with Gasteiger partial charge >= 0.3 is 0 Å². The second-order valence-corrected chi connectivity index (χ2v) is 3.95. The summed E-state index contributed by atoms with van der Waals surface area (Å²) in [5.41, 5.74) is 6.39. The number of nitrogens with two attached hydrogens (primary N) is 1. The molecule has 0 aliphatic heterocycles. The van der Waals surface area contributed by atoms with Crippen molar-refractivity contribution in [1.82, 2.24) is 9.88 Å². The van der Waals surface area contributed by atoms with Crippen molar-refractivity contribution in [1.29, 1.82) is 0 Å². The average molecular weight is 247 g/mol. The molecule has 0 aromatic carbocycles. The molecule has 0 aliphatic rings. The normalized spacial score (nSPS) is 13.4. The zero-order chi connectivity index (χ0) is 12.8. The van der Waals surface area contributed by atoms with E-state index in [1.807, 2.05) is 0 Å².